The SMILES string of the molecule is Cc1ccc(C(=O)COC(=O)COc2cccc(F)c2)cc1C. The first-order chi connectivity index (χ1) is 11.0. The number of ether oxygens (including phenoxy) is 2. The number of benzene rings is 2. The van der Waals surface area contributed by atoms with E-state index in [9.17, 15) is 14.0 Å². The molecule has 0 saturated heterocycles. The van der Waals surface area contributed by atoms with E-state index < -0.39 is 11.8 Å². The highest BCUT2D eigenvalue weighted by Gasteiger charge is 2.11. The molecule has 0 spiro atoms. The van der Waals surface area contributed by atoms with Crippen LogP contribution in [0.25, 0.3) is 0 Å². The van der Waals surface area contributed by atoms with E-state index in [-0.39, 0.29) is 24.7 Å². The minimum atomic E-state index is -0.688. The van der Waals surface area contributed by atoms with Crippen LogP contribution in [0.2, 0.25) is 0 Å². The van der Waals surface area contributed by atoms with Gasteiger partial charge in [-0.3, -0.25) is 4.79 Å². The largest absolute Gasteiger partial charge is 0.482 e. The molecule has 0 aliphatic heterocycles. The molecule has 0 bridgehead atoms. The van der Waals surface area contributed by atoms with Gasteiger partial charge in [0.05, 0.1) is 0 Å². The van der Waals surface area contributed by atoms with Crippen molar-refractivity contribution in [2.75, 3.05) is 13.2 Å². The summed E-state index contributed by atoms with van der Waals surface area (Å²) in [5, 5.41) is 0. The van der Waals surface area contributed by atoms with Crippen LogP contribution in [0, 0.1) is 19.7 Å². The molecular formula is C18H17FO4. The normalized spacial score (nSPS) is 10.2. The Morgan fingerprint density at radius 1 is 1.00 bits per heavy atom. The van der Waals surface area contributed by atoms with Crippen molar-refractivity contribution in [3.8, 4) is 5.75 Å². The van der Waals surface area contributed by atoms with Crippen LogP contribution in [-0.4, -0.2) is 25.0 Å². The third kappa shape index (κ3) is 4.92. The van der Waals surface area contributed by atoms with Gasteiger partial charge in [-0.25, -0.2) is 9.18 Å². The van der Waals surface area contributed by atoms with Crippen molar-refractivity contribution in [3.63, 3.8) is 0 Å². The number of Topliss-reactive ketones (excluding diaryl/α,β-unsaturated/α-hetero) is 1. The van der Waals surface area contributed by atoms with Crippen LogP contribution in [0.15, 0.2) is 42.5 Å². The summed E-state index contributed by atoms with van der Waals surface area (Å²) < 4.78 is 22.9. The van der Waals surface area contributed by atoms with Crippen molar-refractivity contribution in [2.24, 2.45) is 0 Å². The lowest BCUT2D eigenvalue weighted by atomic mass is 10.0. The van der Waals surface area contributed by atoms with E-state index in [1.54, 1.807) is 12.1 Å². The van der Waals surface area contributed by atoms with Gasteiger partial charge in [-0.2, -0.15) is 0 Å². The Kier molecular flexibility index (Phi) is 5.46. The number of rotatable bonds is 6. The van der Waals surface area contributed by atoms with Gasteiger partial charge >= 0.3 is 5.97 Å². The molecule has 0 aliphatic rings. The van der Waals surface area contributed by atoms with Gasteiger partial charge in [0.15, 0.2) is 19.0 Å². The fraction of sp³-hybridized carbons (Fsp3) is 0.222. The highest BCUT2D eigenvalue weighted by molar-refractivity contribution is 5.98. The van der Waals surface area contributed by atoms with Crippen molar-refractivity contribution in [2.45, 2.75) is 13.8 Å². The molecule has 0 radical (unpaired) electrons. The molecule has 0 atom stereocenters. The van der Waals surface area contributed by atoms with Gasteiger partial charge in [-0.15, -0.1) is 0 Å². The summed E-state index contributed by atoms with van der Waals surface area (Å²) in [6.45, 7) is 3.12. The number of hydrogen-bond acceptors (Lipinski definition) is 4. The average Bonchev–Trinajstić information content (AvgIpc) is 2.53. The minimum absolute atomic E-state index is 0.224. The second kappa shape index (κ2) is 7.54. The zero-order valence-corrected chi connectivity index (χ0v) is 13.0. The second-order valence-electron chi connectivity index (χ2n) is 5.13. The van der Waals surface area contributed by atoms with Crippen LogP contribution in [0.4, 0.5) is 4.39 Å². The maximum atomic E-state index is 13.0. The van der Waals surface area contributed by atoms with Crippen molar-refractivity contribution in [1.29, 1.82) is 0 Å². The molecule has 0 heterocycles. The summed E-state index contributed by atoms with van der Waals surface area (Å²) in [6.07, 6.45) is 0. The van der Waals surface area contributed by atoms with E-state index in [2.05, 4.69) is 0 Å². The summed E-state index contributed by atoms with van der Waals surface area (Å²) in [5.74, 6) is -1.21. The van der Waals surface area contributed by atoms with Gasteiger partial charge in [0.2, 0.25) is 0 Å². The number of hydrogen-bond donors (Lipinski definition) is 0. The number of halogens is 1. The lowest BCUT2D eigenvalue weighted by molar-refractivity contribution is -0.144. The molecule has 0 aromatic heterocycles. The minimum Gasteiger partial charge on any atom is -0.482 e. The summed E-state index contributed by atoms with van der Waals surface area (Å²) in [7, 11) is 0. The third-order valence-electron chi connectivity index (χ3n) is 3.35. The van der Waals surface area contributed by atoms with Crippen LogP contribution >= 0.6 is 0 Å². The third-order valence-corrected chi connectivity index (χ3v) is 3.35. The number of carbonyl (C=O) groups is 2. The molecule has 2 rings (SSSR count). The van der Waals surface area contributed by atoms with E-state index >= 15 is 0 Å². The molecule has 0 amide bonds. The molecule has 2 aromatic carbocycles. The van der Waals surface area contributed by atoms with E-state index in [1.807, 2.05) is 19.9 Å². The summed E-state index contributed by atoms with van der Waals surface area (Å²) in [5.41, 5.74) is 2.57. The van der Waals surface area contributed by atoms with Crippen molar-refractivity contribution in [3.05, 3.63) is 65.0 Å². The van der Waals surface area contributed by atoms with Crippen LogP contribution in [0.1, 0.15) is 21.5 Å². The van der Waals surface area contributed by atoms with Crippen molar-refractivity contribution in [1.82, 2.24) is 0 Å². The summed E-state index contributed by atoms with van der Waals surface area (Å²) in [4.78, 5) is 23.5. The number of esters is 1. The topological polar surface area (TPSA) is 52.6 Å². The summed E-state index contributed by atoms with van der Waals surface area (Å²) in [6, 6.07) is 10.7. The Balaban J connectivity index is 1.81. The second-order valence-corrected chi connectivity index (χ2v) is 5.13. The zero-order chi connectivity index (χ0) is 16.8. The maximum absolute atomic E-state index is 13.0. The number of aryl methyl sites for hydroxylation is 2. The van der Waals surface area contributed by atoms with Crippen LogP contribution in [0.5, 0.6) is 5.75 Å². The molecule has 0 fully saturated rings. The van der Waals surface area contributed by atoms with Crippen LogP contribution in [0.3, 0.4) is 0 Å². The number of carbonyl (C=O) groups excluding carboxylic acids is 2. The van der Waals surface area contributed by atoms with E-state index in [0.29, 0.717) is 5.56 Å². The monoisotopic (exact) mass is 316 g/mol. The predicted octanol–water partition coefficient (Wildman–Crippen LogP) is 3.25. The Labute approximate surface area is 133 Å². The Morgan fingerprint density at radius 3 is 2.48 bits per heavy atom. The highest BCUT2D eigenvalue weighted by Crippen LogP contribution is 2.12. The summed E-state index contributed by atoms with van der Waals surface area (Å²) >= 11 is 0. The van der Waals surface area contributed by atoms with Gasteiger partial charge in [0, 0.05) is 11.6 Å². The van der Waals surface area contributed by atoms with Crippen LogP contribution in [-0.2, 0) is 9.53 Å². The van der Waals surface area contributed by atoms with Crippen molar-refractivity contribution >= 4 is 11.8 Å². The van der Waals surface area contributed by atoms with Gasteiger partial charge in [-0.1, -0.05) is 18.2 Å². The molecule has 4 nitrogen and oxygen atoms in total. The quantitative estimate of drug-likeness (QED) is 0.606. The first kappa shape index (κ1) is 16.7. The molecule has 0 saturated carbocycles. The van der Waals surface area contributed by atoms with Gasteiger partial charge in [0.1, 0.15) is 11.6 Å². The van der Waals surface area contributed by atoms with Crippen LogP contribution < -0.4 is 4.74 Å². The first-order valence-corrected chi connectivity index (χ1v) is 7.10. The van der Waals surface area contributed by atoms with E-state index in [4.69, 9.17) is 9.47 Å². The standard InChI is InChI=1S/C18H17FO4/c1-12-6-7-14(8-13(12)2)17(20)10-23-18(21)11-22-16-5-3-4-15(19)9-16/h3-9H,10-11H2,1-2H3. The highest BCUT2D eigenvalue weighted by atomic mass is 19.1. The zero-order valence-electron chi connectivity index (χ0n) is 13.0. The molecule has 2 aromatic rings. The Hall–Kier alpha value is -2.69. The molecule has 0 N–H and O–H groups in total. The van der Waals surface area contributed by atoms with E-state index in [0.717, 1.165) is 17.2 Å². The number of ketones is 1. The predicted molar refractivity (Wildman–Crippen MR) is 83.1 cm³/mol. The molecule has 0 unspecified atom stereocenters. The lowest BCUT2D eigenvalue weighted by Crippen LogP contribution is -2.19. The fourth-order valence-corrected chi connectivity index (χ4v) is 1.88. The average molecular weight is 316 g/mol. The van der Waals surface area contributed by atoms with E-state index in [1.165, 1.54) is 18.2 Å². The molecule has 5 heteroatoms. The lowest BCUT2D eigenvalue weighted by Gasteiger charge is -2.07. The molecule has 23 heavy (non-hydrogen) atoms. The van der Waals surface area contributed by atoms with Gasteiger partial charge in [0.25, 0.3) is 0 Å². The Bertz CT molecular complexity index is 725. The maximum Gasteiger partial charge on any atom is 0.344 e. The first-order valence-electron chi connectivity index (χ1n) is 7.10. The smallest absolute Gasteiger partial charge is 0.344 e. The molecular weight excluding hydrogens is 299 g/mol. The molecule has 120 valence electrons. The molecule has 0 aliphatic carbocycles. The Morgan fingerprint density at radius 2 is 1.78 bits per heavy atom. The van der Waals surface area contributed by atoms with Gasteiger partial charge < -0.3 is 9.47 Å². The fourth-order valence-electron chi connectivity index (χ4n) is 1.88. The van der Waals surface area contributed by atoms with Gasteiger partial charge in [-0.05, 0) is 43.2 Å². The van der Waals surface area contributed by atoms with Crippen molar-refractivity contribution < 1.29 is 23.5 Å².